The molecule has 1 aliphatic carbocycles. The molecule has 3 rings (SSSR count). The topological polar surface area (TPSA) is 55.4 Å². The van der Waals surface area contributed by atoms with Gasteiger partial charge in [0, 0.05) is 16.7 Å². The van der Waals surface area contributed by atoms with Gasteiger partial charge in [0.15, 0.2) is 0 Å². The lowest BCUT2D eigenvalue weighted by Crippen LogP contribution is -2.25. The summed E-state index contributed by atoms with van der Waals surface area (Å²) in [5.74, 6) is -0.157. The second kappa shape index (κ2) is 9.18. The van der Waals surface area contributed by atoms with Crippen LogP contribution in [0.5, 0.6) is 0 Å². The Labute approximate surface area is 164 Å². The molecule has 1 aromatic carbocycles. The quantitative estimate of drug-likeness (QED) is 0.659. The SMILES string of the molecule is CCOC(=O)c1cc([C@H](C)c2ccccc2)sc1NC(=O)C1CCCCC1. The Balaban J connectivity index is 1.85. The van der Waals surface area contributed by atoms with Crippen molar-refractivity contribution in [2.45, 2.75) is 51.9 Å². The van der Waals surface area contributed by atoms with Crippen molar-refractivity contribution < 1.29 is 14.3 Å². The molecule has 1 N–H and O–H groups in total. The molecule has 0 saturated heterocycles. The van der Waals surface area contributed by atoms with Crippen LogP contribution in [0.15, 0.2) is 36.4 Å². The molecule has 1 aromatic heterocycles. The van der Waals surface area contributed by atoms with Crippen molar-refractivity contribution in [2.75, 3.05) is 11.9 Å². The average molecular weight is 386 g/mol. The van der Waals surface area contributed by atoms with Gasteiger partial charge < -0.3 is 10.1 Å². The van der Waals surface area contributed by atoms with Crippen LogP contribution in [-0.2, 0) is 9.53 Å². The molecule has 27 heavy (non-hydrogen) atoms. The number of rotatable bonds is 6. The van der Waals surface area contributed by atoms with Crippen LogP contribution in [0.4, 0.5) is 5.00 Å². The zero-order chi connectivity index (χ0) is 19.2. The van der Waals surface area contributed by atoms with Crippen LogP contribution in [0.1, 0.15) is 72.7 Å². The van der Waals surface area contributed by atoms with E-state index in [-0.39, 0.29) is 23.7 Å². The van der Waals surface area contributed by atoms with Crippen molar-refractivity contribution in [1.29, 1.82) is 0 Å². The molecule has 1 saturated carbocycles. The minimum atomic E-state index is -0.376. The molecular weight excluding hydrogens is 358 g/mol. The minimum Gasteiger partial charge on any atom is -0.462 e. The first kappa shape index (κ1) is 19.6. The van der Waals surface area contributed by atoms with E-state index in [1.807, 2.05) is 24.3 Å². The van der Waals surface area contributed by atoms with Gasteiger partial charge in [-0.1, -0.05) is 56.5 Å². The van der Waals surface area contributed by atoms with Gasteiger partial charge in [0.2, 0.25) is 5.91 Å². The maximum Gasteiger partial charge on any atom is 0.341 e. The number of nitrogens with one attached hydrogen (secondary N) is 1. The third-order valence-electron chi connectivity index (χ3n) is 5.19. The van der Waals surface area contributed by atoms with Crippen LogP contribution < -0.4 is 5.32 Å². The van der Waals surface area contributed by atoms with Crippen LogP contribution in [-0.4, -0.2) is 18.5 Å². The summed E-state index contributed by atoms with van der Waals surface area (Å²) >= 11 is 1.48. The zero-order valence-corrected chi connectivity index (χ0v) is 16.8. The third-order valence-corrected chi connectivity index (χ3v) is 6.42. The van der Waals surface area contributed by atoms with Gasteiger partial charge >= 0.3 is 5.97 Å². The molecule has 0 spiro atoms. The predicted octanol–water partition coefficient (Wildman–Crippen LogP) is 5.60. The van der Waals surface area contributed by atoms with Crippen LogP contribution >= 0.6 is 11.3 Å². The van der Waals surface area contributed by atoms with Gasteiger partial charge in [-0.05, 0) is 31.4 Å². The fourth-order valence-corrected chi connectivity index (χ4v) is 4.69. The average Bonchev–Trinajstić information content (AvgIpc) is 3.12. The normalized spacial score (nSPS) is 15.9. The summed E-state index contributed by atoms with van der Waals surface area (Å²) in [6.45, 7) is 4.22. The number of carbonyl (C=O) groups is 2. The standard InChI is InChI=1S/C22H27NO3S/c1-3-26-22(25)18-14-19(15(2)16-10-6-4-7-11-16)27-21(18)23-20(24)17-12-8-5-9-13-17/h4,6-7,10-11,14-15,17H,3,5,8-9,12-13H2,1-2H3,(H,23,24)/t15-/m1/s1. The highest BCUT2D eigenvalue weighted by atomic mass is 32.1. The summed E-state index contributed by atoms with van der Waals surface area (Å²) in [7, 11) is 0. The minimum absolute atomic E-state index is 0.0287. The van der Waals surface area contributed by atoms with Gasteiger partial charge in [0.1, 0.15) is 5.00 Å². The van der Waals surface area contributed by atoms with Crippen LogP contribution in [0.3, 0.4) is 0 Å². The van der Waals surface area contributed by atoms with Crippen LogP contribution in [0.2, 0.25) is 0 Å². The van der Waals surface area contributed by atoms with E-state index in [4.69, 9.17) is 4.74 Å². The van der Waals surface area contributed by atoms with E-state index in [9.17, 15) is 9.59 Å². The zero-order valence-electron chi connectivity index (χ0n) is 16.0. The van der Waals surface area contributed by atoms with E-state index in [1.165, 1.54) is 23.3 Å². The number of hydrogen-bond donors (Lipinski definition) is 1. The number of anilines is 1. The highest BCUT2D eigenvalue weighted by molar-refractivity contribution is 7.16. The molecule has 0 bridgehead atoms. The van der Waals surface area contributed by atoms with Crippen molar-refractivity contribution >= 4 is 28.2 Å². The van der Waals surface area contributed by atoms with E-state index < -0.39 is 0 Å². The predicted molar refractivity (Wildman–Crippen MR) is 109 cm³/mol. The summed E-state index contributed by atoms with van der Waals surface area (Å²) in [5.41, 5.74) is 1.64. The van der Waals surface area contributed by atoms with Crippen molar-refractivity contribution in [2.24, 2.45) is 5.92 Å². The van der Waals surface area contributed by atoms with Crippen LogP contribution in [0.25, 0.3) is 0 Å². The van der Waals surface area contributed by atoms with Gasteiger partial charge in [0.05, 0.1) is 12.2 Å². The molecule has 1 amide bonds. The number of ether oxygens (including phenoxy) is 1. The van der Waals surface area contributed by atoms with Gasteiger partial charge in [-0.3, -0.25) is 4.79 Å². The fraction of sp³-hybridized carbons (Fsp3) is 0.455. The molecular formula is C22H27NO3S. The molecule has 2 aromatic rings. The fourth-order valence-electron chi connectivity index (χ4n) is 3.56. The molecule has 1 atom stereocenters. The van der Waals surface area contributed by atoms with E-state index in [2.05, 4.69) is 24.4 Å². The van der Waals surface area contributed by atoms with E-state index >= 15 is 0 Å². The molecule has 5 heteroatoms. The van der Waals surface area contributed by atoms with Crippen LogP contribution in [0, 0.1) is 5.92 Å². The largest absolute Gasteiger partial charge is 0.462 e. The lowest BCUT2D eigenvalue weighted by atomic mass is 9.89. The Morgan fingerprint density at radius 2 is 1.89 bits per heavy atom. The van der Waals surface area contributed by atoms with Crippen molar-refractivity contribution in [3.8, 4) is 0 Å². The molecule has 1 aliphatic rings. The Morgan fingerprint density at radius 1 is 1.19 bits per heavy atom. The molecule has 0 aliphatic heterocycles. The first-order valence-electron chi connectivity index (χ1n) is 9.76. The second-order valence-corrected chi connectivity index (χ2v) is 8.15. The number of thiophene rings is 1. The number of esters is 1. The number of benzene rings is 1. The monoisotopic (exact) mass is 385 g/mol. The lowest BCUT2D eigenvalue weighted by Gasteiger charge is -2.20. The van der Waals surface area contributed by atoms with E-state index in [1.54, 1.807) is 6.92 Å². The first-order valence-corrected chi connectivity index (χ1v) is 10.6. The van der Waals surface area contributed by atoms with Gasteiger partial charge in [-0.15, -0.1) is 11.3 Å². The molecule has 144 valence electrons. The van der Waals surface area contributed by atoms with Gasteiger partial charge in [-0.2, -0.15) is 0 Å². The highest BCUT2D eigenvalue weighted by Gasteiger charge is 2.26. The lowest BCUT2D eigenvalue weighted by molar-refractivity contribution is -0.120. The third kappa shape index (κ3) is 4.78. The Hall–Kier alpha value is -2.14. The van der Waals surface area contributed by atoms with E-state index in [0.717, 1.165) is 30.6 Å². The Kier molecular flexibility index (Phi) is 6.67. The smallest absolute Gasteiger partial charge is 0.341 e. The van der Waals surface area contributed by atoms with Crippen molar-refractivity contribution in [3.63, 3.8) is 0 Å². The number of hydrogen-bond acceptors (Lipinski definition) is 4. The highest BCUT2D eigenvalue weighted by Crippen LogP contribution is 2.37. The molecule has 4 nitrogen and oxygen atoms in total. The Bertz CT molecular complexity index is 778. The summed E-state index contributed by atoms with van der Waals surface area (Å²) < 4.78 is 5.21. The molecule has 0 unspecified atom stereocenters. The summed E-state index contributed by atoms with van der Waals surface area (Å²) in [6.07, 6.45) is 5.27. The molecule has 0 radical (unpaired) electrons. The van der Waals surface area contributed by atoms with Gasteiger partial charge in [0.25, 0.3) is 0 Å². The number of carbonyl (C=O) groups excluding carboxylic acids is 2. The second-order valence-electron chi connectivity index (χ2n) is 7.07. The maximum atomic E-state index is 12.7. The molecule has 1 fully saturated rings. The summed E-state index contributed by atoms with van der Waals surface area (Å²) in [6, 6.07) is 12.0. The number of amides is 1. The first-order chi connectivity index (χ1) is 13.1. The maximum absolute atomic E-state index is 12.7. The van der Waals surface area contributed by atoms with Crippen molar-refractivity contribution in [1.82, 2.24) is 0 Å². The van der Waals surface area contributed by atoms with E-state index in [0.29, 0.717) is 17.2 Å². The summed E-state index contributed by atoms with van der Waals surface area (Å²) in [4.78, 5) is 26.2. The van der Waals surface area contributed by atoms with Gasteiger partial charge in [-0.25, -0.2) is 4.79 Å². The molecule has 1 heterocycles. The van der Waals surface area contributed by atoms with Crippen molar-refractivity contribution in [3.05, 3.63) is 52.4 Å². The Morgan fingerprint density at radius 3 is 2.56 bits per heavy atom. The summed E-state index contributed by atoms with van der Waals surface area (Å²) in [5, 5.41) is 3.64.